The number of H-pyrrole nitrogens is 1. The molecule has 0 unspecified atom stereocenters. The van der Waals surface area contributed by atoms with Crippen LogP contribution in [0.5, 0.6) is 5.75 Å². The molecule has 0 fully saturated rings. The highest BCUT2D eigenvalue weighted by Gasteiger charge is 2.21. The van der Waals surface area contributed by atoms with Crippen LogP contribution in [0.15, 0.2) is 12.1 Å². The lowest BCUT2D eigenvalue weighted by Gasteiger charge is -2.07. The van der Waals surface area contributed by atoms with Crippen molar-refractivity contribution in [1.29, 1.82) is 0 Å². The lowest BCUT2D eigenvalue weighted by molar-refractivity contribution is 0.347. The van der Waals surface area contributed by atoms with Crippen LogP contribution < -0.4 is 10.5 Å². The number of hydrogen-bond acceptors (Lipinski definition) is 3. The van der Waals surface area contributed by atoms with E-state index in [-0.39, 0.29) is 17.1 Å². The van der Waals surface area contributed by atoms with Gasteiger partial charge in [0, 0.05) is 11.6 Å². The molecule has 17 heavy (non-hydrogen) atoms. The van der Waals surface area contributed by atoms with Gasteiger partial charge < -0.3 is 10.5 Å². The molecule has 2 rings (SSSR count). The molecule has 7 heteroatoms. The molecular formula is C10H8F3N3O. The van der Waals surface area contributed by atoms with Gasteiger partial charge in [0.1, 0.15) is 5.82 Å². The van der Waals surface area contributed by atoms with Crippen molar-refractivity contribution in [2.24, 2.45) is 0 Å². The first-order valence-corrected chi connectivity index (χ1v) is 4.57. The first-order chi connectivity index (χ1) is 8.04. The Morgan fingerprint density at radius 1 is 1.24 bits per heavy atom. The highest BCUT2D eigenvalue weighted by Crippen LogP contribution is 2.32. The van der Waals surface area contributed by atoms with E-state index in [0.717, 1.165) is 7.11 Å². The number of aromatic nitrogens is 2. The number of hydrogen-bond donors (Lipinski definition) is 2. The highest BCUT2D eigenvalue weighted by molar-refractivity contribution is 5.65. The third-order valence-corrected chi connectivity index (χ3v) is 2.21. The second kappa shape index (κ2) is 4.00. The minimum absolute atomic E-state index is 0.114. The number of aromatic amines is 1. The third kappa shape index (κ3) is 1.79. The average molecular weight is 243 g/mol. The molecule has 1 aromatic heterocycles. The number of ether oxygens (including phenoxy) is 1. The van der Waals surface area contributed by atoms with Gasteiger partial charge in [-0.25, -0.2) is 8.78 Å². The van der Waals surface area contributed by atoms with E-state index in [0.29, 0.717) is 6.07 Å². The van der Waals surface area contributed by atoms with Crippen LogP contribution in [0.1, 0.15) is 0 Å². The summed E-state index contributed by atoms with van der Waals surface area (Å²) in [5.74, 6) is -4.28. The van der Waals surface area contributed by atoms with Crippen molar-refractivity contribution in [2.75, 3.05) is 12.8 Å². The molecule has 0 radical (unpaired) electrons. The lowest BCUT2D eigenvalue weighted by atomic mass is 10.1. The van der Waals surface area contributed by atoms with Gasteiger partial charge >= 0.3 is 0 Å². The molecule has 4 nitrogen and oxygen atoms in total. The zero-order valence-corrected chi connectivity index (χ0v) is 8.72. The summed E-state index contributed by atoms with van der Waals surface area (Å²) >= 11 is 0. The number of benzene rings is 1. The van der Waals surface area contributed by atoms with Gasteiger partial charge in [-0.15, -0.1) is 0 Å². The average Bonchev–Trinajstić information content (AvgIpc) is 2.71. The van der Waals surface area contributed by atoms with E-state index in [2.05, 4.69) is 14.9 Å². The molecule has 1 heterocycles. The van der Waals surface area contributed by atoms with Gasteiger partial charge in [-0.05, 0) is 6.07 Å². The van der Waals surface area contributed by atoms with E-state index < -0.39 is 23.2 Å². The molecule has 0 bridgehead atoms. The Labute approximate surface area is 94.2 Å². The van der Waals surface area contributed by atoms with Crippen molar-refractivity contribution in [3.63, 3.8) is 0 Å². The molecular weight excluding hydrogens is 235 g/mol. The van der Waals surface area contributed by atoms with E-state index in [1.165, 1.54) is 6.07 Å². The van der Waals surface area contributed by atoms with Crippen molar-refractivity contribution in [1.82, 2.24) is 10.2 Å². The number of anilines is 1. The van der Waals surface area contributed by atoms with Gasteiger partial charge in [0.2, 0.25) is 5.82 Å². The maximum absolute atomic E-state index is 13.8. The maximum Gasteiger partial charge on any atom is 0.203 e. The van der Waals surface area contributed by atoms with Crippen molar-refractivity contribution in [2.45, 2.75) is 0 Å². The first kappa shape index (κ1) is 11.3. The number of nitrogens with zero attached hydrogens (tertiary/aromatic N) is 1. The van der Waals surface area contributed by atoms with E-state index in [1.807, 2.05) is 0 Å². The van der Waals surface area contributed by atoms with E-state index >= 15 is 0 Å². The smallest absolute Gasteiger partial charge is 0.203 e. The van der Waals surface area contributed by atoms with Crippen LogP contribution in [0.3, 0.4) is 0 Å². The molecule has 0 aliphatic rings. The van der Waals surface area contributed by atoms with Crippen molar-refractivity contribution in [3.05, 3.63) is 29.6 Å². The maximum atomic E-state index is 13.8. The normalized spacial score (nSPS) is 10.6. The molecule has 3 N–H and O–H groups in total. The van der Waals surface area contributed by atoms with Gasteiger partial charge in [0.05, 0.1) is 12.8 Å². The molecule has 0 aliphatic heterocycles. The van der Waals surface area contributed by atoms with Crippen LogP contribution in [0.2, 0.25) is 0 Å². The Kier molecular flexibility index (Phi) is 2.66. The molecule has 0 atom stereocenters. The predicted octanol–water partition coefficient (Wildman–Crippen LogP) is 2.08. The zero-order valence-electron chi connectivity index (χ0n) is 8.72. The molecule has 0 amide bonds. The van der Waals surface area contributed by atoms with E-state index in [9.17, 15) is 13.2 Å². The number of nitrogens with one attached hydrogen (secondary N) is 1. The SMILES string of the molecule is COc1c(F)c(F)cc(-c2cc(N)n[nH]2)c1F. The van der Waals surface area contributed by atoms with Crippen molar-refractivity contribution < 1.29 is 17.9 Å². The number of rotatable bonds is 2. The number of nitrogen functional groups attached to an aromatic ring is 1. The summed E-state index contributed by atoms with van der Waals surface area (Å²) in [7, 11) is 1.05. The van der Waals surface area contributed by atoms with Gasteiger partial charge in [-0.3, -0.25) is 5.10 Å². The van der Waals surface area contributed by atoms with Crippen LogP contribution in [0, 0.1) is 17.5 Å². The number of methoxy groups -OCH3 is 1. The van der Waals surface area contributed by atoms with Crippen LogP contribution in [-0.4, -0.2) is 17.3 Å². The highest BCUT2D eigenvalue weighted by atomic mass is 19.2. The largest absolute Gasteiger partial charge is 0.491 e. The molecule has 1 aromatic carbocycles. The molecule has 90 valence electrons. The van der Waals surface area contributed by atoms with Crippen molar-refractivity contribution in [3.8, 4) is 17.0 Å². The fourth-order valence-corrected chi connectivity index (χ4v) is 1.43. The quantitative estimate of drug-likeness (QED) is 0.794. The zero-order chi connectivity index (χ0) is 12.6. The molecule has 0 spiro atoms. The number of halogens is 3. The van der Waals surface area contributed by atoms with Gasteiger partial charge in [0.25, 0.3) is 0 Å². The molecule has 0 saturated carbocycles. The fraction of sp³-hybridized carbons (Fsp3) is 0.100. The number of nitrogens with two attached hydrogens (primary N) is 1. The summed E-state index contributed by atoms with van der Waals surface area (Å²) in [6.07, 6.45) is 0. The monoisotopic (exact) mass is 243 g/mol. The Morgan fingerprint density at radius 2 is 1.94 bits per heavy atom. The predicted molar refractivity (Wildman–Crippen MR) is 54.9 cm³/mol. The Hall–Kier alpha value is -2.18. The summed E-state index contributed by atoms with van der Waals surface area (Å²) in [5.41, 5.74) is 5.27. The minimum Gasteiger partial charge on any atom is -0.491 e. The first-order valence-electron chi connectivity index (χ1n) is 4.57. The lowest BCUT2D eigenvalue weighted by Crippen LogP contribution is -1.99. The molecule has 0 saturated heterocycles. The van der Waals surface area contributed by atoms with Crippen LogP contribution in [-0.2, 0) is 0 Å². The van der Waals surface area contributed by atoms with Gasteiger partial charge in [-0.1, -0.05) is 0 Å². The topological polar surface area (TPSA) is 63.9 Å². The van der Waals surface area contributed by atoms with Gasteiger partial charge in [0.15, 0.2) is 17.4 Å². The van der Waals surface area contributed by atoms with Crippen LogP contribution in [0.25, 0.3) is 11.3 Å². The van der Waals surface area contributed by atoms with Gasteiger partial charge in [-0.2, -0.15) is 9.49 Å². The van der Waals surface area contributed by atoms with Crippen LogP contribution in [0.4, 0.5) is 19.0 Å². The Bertz CT molecular complexity index is 568. The summed E-state index contributed by atoms with van der Waals surface area (Å²) in [6.45, 7) is 0. The summed E-state index contributed by atoms with van der Waals surface area (Å²) in [6, 6.07) is 2.01. The second-order valence-electron chi connectivity index (χ2n) is 3.27. The minimum atomic E-state index is -1.37. The van der Waals surface area contributed by atoms with Crippen molar-refractivity contribution >= 4 is 5.82 Å². The Morgan fingerprint density at radius 3 is 2.47 bits per heavy atom. The van der Waals surface area contributed by atoms with E-state index in [1.54, 1.807) is 0 Å². The third-order valence-electron chi connectivity index (χ3n) is 2.21. The molecule has 2 aromatic rings. The summed E-state index contributed by atoms with van der Waals surface area (Å²) in [4.78, 5) is 0. The second-order valence-corrected chi connectivity index (χ2v) is 3.27. The standard InChI is InChI=1S/C10H8F3N3O/c1-17-10-8(12)4(2-5(11)9(10)13)6-3-7(14)16-15-6/h2-3H,1H3,(H3,14,15,16). The summed E-state index contributed by atoms with van der Waals surface area (Å²) in [5, 5.41) is 5.97. The summed E-state index contributed by atoms with van der Waals surface area (Å²) < 4.78 is 44.6. The molecule has 0 aliphatic carbocycles. The van der Waals surface area contributed by atoms with E-state index in [4.69, 9.17) is 5.73 Å². The fourth-order valence-electron chi connectivity index (χ4n) is 1.43. The van der Waals surface area contributed by atoms with Crippen LogP contribution >= 0.6 is 0 Å². The Balaban J connectivity index is 2.67.